The molecule has 0 N–H and O–H groups in total. The van der Waals surface area contributed by atoms with Crippen molar-refractivity contribution in [2.75, 3.05) is 0 Å². The van der Waals surface area contributed by atoms with E-state index in [1.54, 1.807) is 0 Å². The molecular formula is C10H9N. The summed E-state index contributed by atoms with van der Waals surface area (Å²) in [6.07, 6.45) is 0. The molecule has 11 heavy (non-hydrogen) atoms. The average molecular weight is 143 g/mol. The smallest absolute Gasteiger partial charge is 0.0814 e. The summed E-state index contributed by atoms with van der Waals surface area (Å²) in [5.74, 6) is 2.95. The predicted molar refractivity (Wildman–Crippen MR) is 47.4 cm³/mol. The van der Waals surface area contributed by atoms with Crippen LogP contribution in [0, 0.1) is 6.92 Å². The first-order chi connectivity index (χ1) is 5.27. The minimum absolute atomic E-state index is 1.06. The van der Waals surface area contributed by atoms with E-state index in [9.17, 15) is 0 Å². The summed E-state index contributed by atoms with van der Waals surface area (Å²) in [6.45, 7) is 4.11. The van der Waals surface area contributed by atoms with Gasteiger partial charge in [-0.3, -0.25) is 0 Å². The highest BCUT2D eigenvalue weighted by atomic mass is 14.7. The number of rotatable bonds is 0. The lowest BCUT2D eigenvalue weighted by Gasteiger charge is -1.98. The molecule has 54 valence electrons. The lowest BCUT2D eigenvalue weighted by atomic mass is 10.1. The van der Waals surface area contributed by atoms with Gasteiger partial charge in [0.15, 0.2) is 0 Å². The highest BCUT2D eigenvalue weighted by Crippen LogP contribution is 2.29. The fraction of sp³-hybridized carbons (Fsp3) is 0.200. The van der Waals surface area contributed by atoms with E-state index in [2.05, 4.69) is 36.0 Å². The minimum Gasteiger partial charge on any atom is -0.205 e. The maximum atomic E-state index is 4.15. The van der Waals surface area contributed by atoms with Crippen LogP contribution < -0.4 is 0 Å². The zero-order valence-corrected chi connectivity index (χ0v) is 6.68. The van der Waals surface area contributed by atoms with Crippen molar-refractivity contribution in [1.29, 1.82) is 0 Å². The van der Waals surface area contributed by atoms with Gasteiger partial charge in [0.05, 0.1) is 5.69 Å². The van der Waals surface area contributed by atoms with Gasteiger partial charge in [-0.15, -0.1) is 0 Å². The van der Waals surface area contributed by atoms with Crippen LogP contribution in [0.5, 0.6) is 0 Å². The molecule has 0 atom stereocenters. The predicted octanol–water partition coefficient (Wildman–Crippen LogP) is 2.71. The van der Waals surface area contributed by atoms with Gasteiger partial charge in [0.1, 0.15) is 0 Å². The summed E-state index contributed by atoms with van der Waals surface area (Å²) in [4.78, 5) is 4.15. The van der Waals surface area contributed by atoms with Gasteiger partial charge < -0.3 is 0 Å². The monoisotopic (exact) mass is 143 g/mol. The first kappa shape index (κ1) is 6.38. The molecule has 0 bridgehead atoms. The number of aliphatic imine (C=N–C) groups is 1. The van der Waals surface area contributed by atoms with E-state index in [1.807, 2.05) is 6.92 Å². The second kappa shape index (κ2) is 2.08. The van der Waals surface area contributed by atoms with Crippen LogP contribution in [0.15, 0.2) is 23.2 Å². The van der Waals surface area contributed by atoms with E-state index in [1.165, 1.54) is 11.1 Å². The fourth-order valence-corrected chi connectivity index (χ4v) is 1.26. The second-order valence-corrected chi connectivity index (χ2v) is 2.87. The summed E-state index contributed by atoms with van der Waals surface area (Å²) in [6, 6.07) is 6.28. The Balaban J connectivity index is 2.66. The standard InChI is InChI=1S/C10H9N/c1-7-3-4-9-8(2)6-11-10(9)5-7/h3-5H,1-2H3. The number of fused-ring (bicyclic) bond motifs is 1. The van der Waals surface area contributed by atoms with Gasteiger partial charge in [0, 0.05) is 11.1 Å². The number of hydrogen-bond acceptors (Lipinski definition) is 1. The molecule has 2 rings (SSSR count). The third-order valence-electron chi connectivity index (χ3n) is 1.90. The van der Waals surface area contributed by atoms with Crippen LogP contribution in [0.1, 0.15) is 18.1 Å². The molecular weight excluding hydrogens is 134 g/mol. The van der Waals surface area contributed by atoms with Crippen LogP contribution in [-0.4, -0.2) is 5.87 Å². The summed E-state index contributed by atoms with van der Waals surface area (Å²) in [5, 5.41) is 0. The van der Waals surface area contributed by atoms with Crippen LogP contribution in [0.2, 0.25) is 0 Å². The van der Waals surface area contributed by atoms with Crippen molar-refractivity contribution < 1.29 is 0 Å². The Hall–Kier alpha value is -1.33. The van der Waals surface area contributed by atoms with Gasteiger partial charge in [0.2, 0.25) is 0 Å². The van der Waals surface area contributed by atoms with Crippen molar-refractivity contribution in [3.05, 3.63) is 29.3 Å². The molecule has 1 nitrogen and oxygen atoms in total. The fourth-order valence-electron chi connectivity index (χ4n) is 1.26. The van der Waals surface area contributed by atoms with Crippen LogP contribution in [0.3, 0.4) is 0 Å². The average Bonchev–Trinajstić information content (AvgIpc) is 2.32. The van der Waals surface area contributed by atoms with E-state index in [0.29, 0.717) is 0 Å². The molecule has 0 saturated heterocycles. The molecule has 1 aliphatic heterocycles. The third kappa shape index (κ3) is 0.903. The number of aryl methyl sites for hydroxylation is 1. The van der Waals surface area contributed by atoms with Crippen molar-refractivity contribution in [1.82, 2.24) is 0 Å². The quantitative estimate of drug-likeness (QED) is 0.529. The lowest BCUT2D eigenvalue weighted by Crippen LogP contribution is -1.77. The minimum atomic E-state index is 1.06. The Bertz CT molecular complexity index is 368. The molecule has 1 aromatic carbocycles. The highest BCUT2D eigenvalue weighted by Gasteiger charge is 2.07. The maximum Gasteiger partial charge on any atom is 0.0814 e. The highest BCUT2D eigenvalue weighted by molar-refractivity contribution is 5.98. The molecule has 0 spiro atoms. The normalized spacial score (nSPS) is 13.1. The van der Waals surface area contributed by atoms with Gasteiger partial charge in [-0.1, -0.05) is 12.1 Å². The Kier molecular flexibility index (Phi) is 1.21. The molecule has 0 fully saturated rings. The molecule has 1 heteroatoms. The Morgan fingerprint density at radius 3 is 2.91 bits per heavy atom. The Morgan fingerprint density at radius 2 is 2.09 bits per heavy atom. The lowest BCUT2D eigenvalue weighted by molar-refractivity contribution is 1.42. The molecule has 1 aliphatic rings. The van der Waals surface area contributed by atoms with Crippen LogP contribution in [0.25, 0.3) is 5.57 Å². The van der Waals surface area contributed by atoms with Gasteiger partial charge >= 0.3 is 0 Å². The van der Waals surface area contributed by atoms with E-state index < -0.39 is 0 Å². The SMILES string of the molecule is CC1=C=Nc2cc(C)ccc21. The van der Waals surface area contributed by atoms with E-state index in [-0.39, 0.29) is 0 Å². The van der Waals surface area contributed by atoms with E-state index >= 15 is 0 Å². The molecule has 0 radical (unpaired) electrons. The molecule has 0 unspecified atom stereocenters. The zero-order chi connectivity index (χ0) is 7.84. The van der Waals surface area contributed by atoms with E-state index in [0.717, 1.165) is 11.3 Å². The Morgan fingerprint density at radius 1 is 1.27 bits per heavy atom. The van der Waals surface area contributed by atoms with Crippen molar-refractivity contribution in [3.8, 4) is 0 Å². The molecule has 0 saturated carbocycles. The summed E-state index contributed by atoms with van der Waals surface area (Å²) < 4.78 is 0. The summed E-state index contributed by atoms with van der Waals surface area (Å²) in [7, 11) is 0. The number of nitrogens with zero attached hydrogens (tertiary/aromatic N) is 1. The van der Waals surface area contributed by atoms with Gasteiger partial charge in [-0.05, 0) is 31.3 Å². The second-order valence-electron chi connectivity index (χ2n) is 2.87. The zero-order valence-electron chi connectivity index (χ0n) is 6.68. The molecule has 0 amide bonds. The maximum absolute atomic E-state index is 4.15. The van der Waals surface area contributed by atoms with Gasteiger partial charge in [-0.2, -0.15) is 0 Å². The van der Waals surface area contributed by atoms with Crippen LogP contribution >= 0.6 is 0 Å². The number of allylic oxidation sites excluding steroid dienone is 1. The molecule has 1 heterocycles. The largest absolute Gasteiger partial charge is 0.205 e. The number of benzene rings is 1. The van der Waals surface area contributed by atoms with Crippen molar-refractivity contribution in [2.24, 2.45) is 4.99 Å². The van der Waals surface area contributed by atoms with Gasteiger partial charge in [0.25, 0.3) is 0 Å². The van der Waals surface area contributed by atoms with Crippen molar-refractivity contribution in [3.63, 3.8) is 0 Å². The van der Waals surface area contributed by atoms with E-state index in [4.69, 9.17) is 0 Å². The molecule has 0 aromatic heterocycles. The summed E-state index contributed by atoms with van der Waals surface area (Å²) >= 11 is 0. The molecule has 1 aromatic rings. The third-order valence-corrected chi connectivity index (χ3v) is 1.90. The van der Waals surface area contributed by atoms with Crippen LogP contribution in [0.4, 0.5) is 5.69 Å². The van der Waals surface area contributed by atoms with Gasteiger partial charge in [-0.25, -0.2) is 4.99 Å². The topological polar surface area (TPSA) is 12.4 Å². The number of hydrogen-bond donors (Lipinski definition) is 0. The first-order valence-electron chi connectivity index (χ1n) is 3.69. The Labute approximate surface area is 66.1 Å². The van der Waals surface area contributed by atoms with Crippen molar-refractivity contribution in [2.45, 2.75) is 13.8 Å². The first-order valence-corrected chi connectivity index (χ1v) is 3.69. The molecule has 0 aliphatic carbocycles. The van der Waals surface area contributed by atoms with Crippen molar-refractivity contribution >= 4 is 17.1 Å². The summed E-state index contributed by atoms with van der Waals surface area (Å²) in [5.41, 5.74) is 4.67. The van der Waals surface area contributed by atoms with Crippen LogP contribution in [-0.2, 0) is 0 Å².